The van der Waals surface area contributed by atoms with Crippen LogP contribution in [0.4, 0.5) is 0 Å². The van der Waals surface area contributed by atoms with E-state index in [0.29, 0.717) is 12.5 Å². The Balaban J connectivity index is 2.05. The van der Waals surface area contributed by atoms with Crippen LogP contribution in [0.5, 0.6) is 0 Å². The average Bonchev–Trinajstić information content (AvgIpc) is 3.09. The molecule has 3 heteroatoms. The van der Waals surface area contributed by atoms with Crippen LogP contribution >= 0.6 is 0 Å². The van der Waals surface area contributed by atoms with Crippen LogP contribution in [-0.2, 0) is 11.3 Å². The maximum atomic E-state index is 11.1. The first-order valence-corrected chi connectivity index (χ1v) is 6.52. The minimum Gasteiger partial charge on any atom is -0.480 e. The summed E-state index contributed by atoms with van der Waals surface area (Å²) in [5.41, 5.74) is 4.97. The van der Waals surface area contributed by atoms with E-state index in [4.69, 9.17) is 5.11 Å². The van der Waals surface area contributed by atoms with Gasteiger partial charge in [0.05, 0.1) is 0 Å². The van der Waals surface area contributed by atoms with E-state index in [0.717, 1.165) is 12.8 Å². The number of hydrogen-bond acceptors (Lipinski definition) is 2. The first-order valence-electron chi connectivity index (χ1n) is 6.52. The van der Waals surface area contributed by atoms with Crippen molar-refractivity contribution >= 4 is 5.97 Å². The highest BCUT2D eigenvalue weighted by Crippen LogP contribution is 2.33. The summed E-state index contributed by atoms with van der Waals surface area (Å²) in [4.78, 5) is 11.1. The molecule has 0 aromatic heterocycles. The minimum absolute atomic E-state index is 0.328. The molecule has 1 aliphatic rings. The molecular weight excluding hydrogens is 226 g/mol. The van der Waals surface area contributed by atoms with E-state index in [1.807, 2.05) is 0 Å². The number of carboxylic acids is 1. The SMILES string of the molecule is Cc1cc(C)c(CNC(C(=O)O)C2CC2)cc1C. The molecule has 0 aliphatic heterocycles. The molecule has 1 aliphatic carbocycles. The van der Waals surface area contributed by atoms with Crippen molar-refractivity contribution in [2.75, 3.05) is 0 Å². The zero-order chi connectivity index (χ0) is 13.3. The van der Waals surface area contributed by atoms with Gasteiger partial charge in [0.1, 0.15) is 6.04 Å². The van der Waals surface area contributed by atoms with Crippen LogP contribution in [0.3, 0.4) is 0 Å². The van der Waals surface area contributed by atoms with E-state index < -0.39 is 5.97 Å². The van der Waals surface area contributed by atoms with Crippen LogP contribution < -0.4 is 5.32 Å². The fourth-order valence-corrected chi connectivity index (χ4v) is 2.32. The number of carboxylic acid groups (broad SMARTS) is 1. The molecule has 1 aromatic rings. The maximum Gasteiger partial charge on any atom is 0.320 e. The third kappa shape index (κ3) is 2.91. The van der Waals surface area contributed by atoms with Crippen LogP contribution in [0, 0.1) is 26.7 Å². The fourth-order valence-electron chi connectivity index (χ4n) is 2.32. The smallest absolute Gasteiger partial charge is 0.320 e. The van der Waals surface area contributed by atoms with E-state index in [1.165, 1.54) is 22.3 Å². The quantitative estimate of drug-likeness (QED) is 0.840. The van der Waals surface area contributed by atoms with E-state index in [1.54, 1.807) is 0 Å². The molecule has 0 radical (unpaired) electrons. The Morgan fingerprint density at radius 3 is 2.44 bits per heavy atom. The van der Waals surface area contributed by atoms with Crippen molar-refractivity contribution < 1.29 is 9.90 Å². The molecule has 2 N–H and O–H groups in total. The van der Waals surface area contributed by atoms with Crippen LogP contribution in [0.1, 0.15) is 35.1 Å². The van der Waals surface area contributed by atoms with Crippen molar-refractivity contribution in [3.63, 3.8) is 0 Å². The Morgan fingerprint density at radius 2 is 1.89 bits per heavy atom. The van der Waals surface area contributed by atoms with Crippen molar-refractivity contribution in [2.45, 2.75) is 46.2 Å². The van der Waals surface area contributed by atoms with E-state index in [9.17, 15) is 4.79 Å². The van der Waals surface area contributed by atoms with Crippen LogP contribution in [-0.4, -0.2) is 17.1 Å². The summed E-state index contributed by atoms with van der Waals surface area (Å²) in [6, 6.07) is 3.94. The van der Waals surface area contributed by atoms with E-state index >= 15 is 0 Å². The van der Waals surface area contributed by atoms with Gasteiger partial charge < -0.3 is 10.4 Å². The second-order valence-electron chi connectivity index (χ2n) is 5.40. The van der Waals surface area contributed by atoms with Crippen molar-refractivity contribution in [1.82, 2.24) is 5.32 Å². The molecule has 0 amide bonds. The van der Waals surface area contributed by atoms with Gasteiger partial charge in [-0.1, -0.05) is 12.1 Å². The second kappa shape index (κ2) is 5.11. The van der Waals surface area contributed by atoms with Crippen molar-refractivity contribution in [3.05, 3.63) is 34.4 Å². The lowest BCUT2D eigenvalue weighted by Gasteiger charge is -2.16. The lowest BCUT2D eigenvalue weighted by Crippen LogP contribution is -2.38. The molecule has 0 bridgehead atoms. The third-order valence-electron chi connectivity index (χ3n) is 3.82. The van der Waals surface area contributed by atoms with Gasteiger partial charge in [-0.2, -0.15) is 0 Å². The average molecular weight is 247 g/mol. The van der Waals surface area contributed by atoms with E-state index in [-0.39, 0.29) is 6.04 Å². The van der Waals surface area contributed by atoms with Crippen LogP contribution in [0.25, 0.3) is 0 Å². The Labute approximate surface area is 108 Å². The number of nitrogens with one attached hydrogen (secondary N) is 1. The molecule has 1 atom stereocenters. The predicted molar refractivity (Wildman–Crippen MR) is 71.6 cm³/mol. The van der Waals surface area contributed by atoms with Crippen LogP contribution in [0.15, 0.2) is 12.1 Å². The number of hydrogen-bond donors (Lipinski definition) is 2. The first kappa shape index (κ1) is 13.1. The molecule has 1 saturated carbocycles. The number of aliphatic carboxylic acids is 1. The van der Waals surface area contributed by atoms with Gasteiger partial charge >= 0.3 is 5.97 Å². The number of aryl methyl sites for hydroxylation is 3. The summed E-state index contributed by atoms with van der Waals surface area (Å²) in [7, 11) is 0. The Kier molecular flexibility index (Phi) is 3.71. The van der Waals surface area contributed by atoms with Crippen molar-refractivity contribution in [2.24, 2.45) is 5.92 Å². The van der Waals surface area contributed by atoms with Gasteiger partial charge in [-0.3, -0.25) is 4.79 Å². The normalized spacial score (nSPS) is 16.6. The number of carbonyl (C=O) groups is 1. The second-order valence-corrected chi connectivity index (χ2v) is 5.40. The van der Waals surface area contributed by atoms with Gasteiger partial charge in [0.2, 0.25) is 0 Å². The van der Waals surface area contributed by atoms with Gasteiger partial charge in [0.25, 0.3) is 0 Å². The molecule has 1 aromatic carbocycles. The summed E-state index contributed by atoms with van der Waals surface area (Å²) in [5, 5.41) is 12.4. The Hall–Kier alpha value is -1.35. The molecular formula is C15H21NO2. The molecule has 18 heavy (non-hydrogen) atoms. The molecule has 98 valence electrons. The van der Waals surface area contributed by atoms with Gasteiger partial charge in [0, 0.05) is 6.54 Å². The molecule has 1 fully saturated rings. The van der Waals surface area contributed by atoms with Crippen molar-refractivity contribution in [3.8, 4) is 0 Å². The highest BCUT2D eigenvalue weighted by atomic mass is 16.4. The Bertz CT molecular complexity index is 464. The van der Waals surface area contributed by atoms with Crippen molar-refractivity contribution in [1.29, 1.82) is 0 Å². The molecule has 1 unspecified atom stereocenters. The molecule has 2 rings (SSSR count). The van der Waals surface area contributed by atoms with Gasteiger partial charge in [-0.05, 0) is 61.8 Å². The maximum absolute atomic E-state index is 11.1. The summed E-state index contributed by atoms with van der Waals surface area (Å²) < 4.78 is 0. The van der Waals surface area contributed by atoms with Crippen LogP contribution in [0.2, 0.25) is 0 Å². The standard InChI is InChI=1S/C15H21NO2/c1-9-6-11(3)13(7-10(9)2)8-16-14(15(17)18)12-4-5-12/h6-7,12,14,16H,4-5,8H2,1-3H3,(H,17,18). The third-order valence-corrected chi connectivity index (χ3v) is 3.82. The highest BCUT2D eigenvalue weighted by Gasteiger charge is 2.35. The van der Waals surface area contributed by atoms with Gasteiger partial charge in [-0.25, -0.2) is 0 Å². The molecule has 3 nitrogen and oxygen atoms in total. The Morgan fingerprint density at radius 1 is 1.28 bits per heavy atom. The van der Waals surface area contributed by atoms with Gasteiger partial charge in [0.15, 0.2) is 0 Å². The summed E-state index contributed by atoms with van der Waals surface area (Å²) in [5.74, 6) is -0.395. The summed E-state index contributed by atoms with van der Waals surface area (Å²) >= 11 is 0. The molecule has 0 heterocycles. The first-order chi connectivity index (χ1) is 8.49. The lowest BCUT2D eigenvalue weighted by molar-refractivity contribution is -0.140. The molecule has 0 saturated heterocycles. The van der Waals surface area contributed by atoms with E-state index in [2.05, 4.69) is 38.2 Å². The monoisotopic (exact) mass is 247 g/mol. The minimum atomic E-state index is -0.723. The predicted octanol–water partition coefficient (Wildman–Crippen LogP) is 2.56. The molecule has 0 spiro atoms. The zero-order valence-electron chi connectivity index (χ0n) is 11.3. The zero-order valence-corrected chi connectivity index (χ0v) is 11.3. The highest BCUT2D eigenvalue weighted by molar-refractivity contribution is 5.74. The number of rotatable bonds is 5. The number of benzene rings is 1. The fraction of sp³-hybridized carbons (Fsp3) is 0.533. The summed E-state index contributed by atoms with van der Waals surface area (Å²) in [6.07, 6.45) is 2.08. The topological polar surface area (TPSA) is 49.3 Å². The largest absolute Gasteiger partial charge is 0.480 e. The summed E-state index contributed by atoms with van der Waals surface area (Å²) in [6.45, 7) is 6.91. The van der Waals surface area contributed by atoms with Gasteiger partial charge in [-0.15, -0.1) is 0 Å². The lowest BCUT2D eigenvalue weighted by atomic mass is 10.0.